The van der Waals surface area contributed by atoms with Crippen LogP contribution in [0.5, 0.6) is 5.75 Å². The minimum Gasteiger partial charge on any atom is -0.484 e. The minimum atomic E-state index is -0.651. The standard InChI is InChI=1S/C22H25N3O4/c1-15(23-21(27)14-29-20-6-4-3-5-7-20)22(28)25-11-10-17-8-9-19(24-16(2)26)12-18(17)13-25/h3-9,12,15H,10-11,13-14H2,1-2H3,(H,23,27)(H,24,26). The van der Waals surface area contributed by atoms with E-state index in [-0.39, 0.29) is 24.3 Å². The quantitative estimate of drug-likeness (QED) is 0.784. The molecule has 1 heterocycles. The monoisotopic (exact) mass is 395 g/mol. The summed E-state index contributed by atoms with van der Waals surface area (Å²) in [7, 11) is 0. The Hall–Kier alpha value is -3.35. The third-order valence-corrected chi connectivity index (χ3v) is 4.71. The highest BCUT2D eigenvalue weighted by molar-refractivity contribution is 5.89. The number of carbonyl (C=O) groups excluding carboxylic acids is 3. The van der Waals surface area contributed by atoms with Crippen LogP contribution >= 0.6 is 0 Å². The van der Waals surface area contributed by atoms with Crippen molar-refractivity contribution in [3.8, 4) is 5.75 Å². The molecule has 0 aliphatic carbocycles. The lowest BCUT2D eigenvalue weighted by atomic mass is 9.98. The first kappa shape index (κ1) is 20.4. The van der Waals surface area contributed by atoms with Crippen molar-refractivity contribution in [2.24, 2.45) is 0 Å². The maximum Gasteiger partial charge on any atom is 0.258 e. The predicted octanol–water partition coefficient (Wildman–Crippen LogP) is 2.11. The highest BCUT2D eigenvalue weighted by Gasteiger charge is 2.26. The minimum absolute atomic E-state index is 0.136. The number of nitrogens with one attached hydrogen (secondary N) is 2. The SMILES string of the molecule is CC(=O)Nc1ccc2c(c1)CN(C(=O)C(C)NC(=O)COc1ccccc1)CC2. The van der Waals surface area contributed by atoms with E-state index in [0.717, 1.165) is 17.5 Å². The molecule has 0 fully saturated rings. The van der Waals surface area contributed by atoms with Crippen LogP contribution in [0.3, 0.4) is 0 Å². The number of anilines is 1. The van der Waals surface area contributed by atoms with Crippen LogP contribution in [0, 0.1) is 0 Å². The Kier molecular flexibility index (Phi) is 6.49. The van der Waals surface area contributed by atoms with Crippen LogP contribution in [0.2, 0.25) is 0 Å². The molecule has 2 aromatic carbocycles. The van der Waals surface area contributed by atoms with Gasteiger partial charge in [-0.15, -0.1) is 0 Å². The van der Waals surface area contributed by atoms with Gasteiger partial charge < -0.3 is 20.3 Å². The van der Waals surface area contributed by atoms with Gasteiger partial charge in [-0.2, -0.15) is 0 Å². The zero-order valence-electron chi connectivity index (χ0n) is 16.6. The number of hydrogen-bond donors (Lipinski definition) is 2. The van der Waals surface area contributed by atoms with E-state index in [9.17, 15) is 14.4 Å². The average Bonchev–Trinajstić information content (AvgIpc) is 2.71. The molecule has 0 radical (unpaired) electrons. The summed E-state index contributed by atoms with van der Waals surface area (Å²) < 4.78 is 5.41. The van der Waals surface area contributed by atoms with Crippen molar-refractivity contribution in [3.63, 3.8) is 0 Å². The maximum atomic E-state index is 12.8. The van der Waals surface area contributed by atoms with Gasteiger partial charge >= 0.3 is 0 Å². The molecule has 0 spiro atoms. The Balaban J connectivity index is 1.54. The molecule has 0 aromatic heterocycles. The lowest BCUT2D eigenvalue weighted by Crippen LogP contribution is -2.49. The van der Waals surface area contributed by atoms with Crippen molar-refractivity contribution >= 4 is 23.4 Å². The molecule has 3 amide bonds. The Morgan fingerprint density at radius 1 is 1.10 bits per heavy atom. The Morgan fingerprint density at radius 2 is 1.86 bits per heavy atom. The van der Waals surface area contributed by atoms with E-state index in [1.807, 2.05) is 36.4 Å². The van der Waals surface area contributed by atoms with Crippen LogP contribution in [0.25, 0.3) is 0 Å². The first-order valence-corrected chi connectivity index (χ1v) is 9.58. The third-order valence-electron chi connectivity index (χ3n) is 4.71. The van der Waals surface area contributed by atoms with Gasteiger partial charge in [0.2, 0.25) is 11.8 Å². The molecule has 152 valence electrons. The van der Waals surface area contributed by atoms with E-state index in [0.29, 0.717) is 24.5 Å². The van der Waals surface area contributed by atoms with E-state index in [1.165, 1.54) is 6.92 Å². The third kappa shape index (κ3) is 5.57. The number of nitrogens with zero attached hydrogens (tertiary/aromatic N) is 1. The van der Waals surface area contributed by atoms with E-state index in [4.69, 9.17) is 4.74 Å². The molecule has 1 aliphatic heterocycles. The van der Waals surface area contributed by atoms with E-state index in [1.54, 1.807) is 24.0 Å². The van der Waals surface area contributed by atoms with Gasteiger partial charge in [-0.05, 0) is 48.7 Å². The molecular weight excluding hydrogens is 370 g/mol. The summed E-state index contributed by atoms with van der Waals surface area (Å²) in [6.45, 7) is 4.02. The van der Waals surface area contributed by atoms with Gasteiger partial charge in [0, 0.05) is 25.7 Å². The molecule has 7 nitrogen and oxygen atoms in total. The number of amides is 3. The van der Waals surface area contributed by atoms with Gasteiger partial charge in [-0.3, -0.25) is 14.4 Å². The lowest BCUT2D eigenvalue weighted by Gasteiger charge is -2.31. The summed E-state index contributed by atoms with van der Waals surface area (Å²) in [6, 6.07) is 14.1. The van der Waals surface area contributed by atoms with Crippen LogP contribution in [0.4, 0.5) is 5.69 Å². The number of hydrogen-bond acceptors (Lipinski definition) is 4. The molecule has 1 atom stereocenters. The van der Waals surface area contributed by atoms with Crippen LogP contribution in [-0.4, -0.2) is 41.8 Å². The fraction of sp³-hybridized carbons (Fsp3) is 0.318. The molecule has 7 heteroatoms. The molecule has 0 saturated carbocycles. The predicted molar refractivity (Wildman–Crippen MR) is 109 cm³/mol. The Morgan fingerprint density at radius 3 is 2.59 bits per heavy atom. The molecule has 2 aromatic rings. The Labute approximate surface area is 170 Å². The molecule has 29 heavy (non-hydrogen) atoms. The van der Waals surface area contributed by atoms with E-state index >= 15 is 0 Å². The zero-order chi connectivity index (χ0) is 20.8. The first-order chi connectivity index (χ1) is 13.9. The van der Waals surface area contributed by atoms with Crippen LogP contribution in [0.15, 0.2) is 48.5 Å². The van der Waals surface area contributed by atoms with Gasteiger partial charge in [-0.25, -0.2) is 0 Å². The smallest absolute Gasteiger partial charge is 0.258 e. The largest absolute Gasteiger partial charge is 0.484 e. The number of fused-ring (bicyclic) bond motifs is 1. The zero-order valence-corrected chi connectivity index (χ0v) is 16.6. The van der Waals surface area contributed by atoms with Gasteiger partial charge in [0.15, 0.2) is 6.61 Å². The summed E-state index contributed by atoms with van der Waals surface area (Å²) in [5.74, 6) is -0.0271. The number of para-hydroxylation sites is 1. The molecule has 0 saturated heterocycles. The van der Waals surface area contributed by atoms with E-state index < -0.39 is 6.04 Å². The lowest BCUT2D eigenvalue weighted by molar-refractivity contribution is -0.137. The molecule has 3 rings (SSSR count). The van der Waals surface area contributed by atoms with Gasteiger partial charge in [-0.1, -0.05) is 24.3 Å². The number of rotatable bonds is 6. The fourth-order valence-electron chi connectivity index (χ4n) is 3.31. The second-order valence-corrected chi connectivity index (χ2v) is 7.07. The second-order valence-electron chi connectivity index (χ2n) is 7.07. The second kappa shape index (κ2) is 9.23. The van der Waals surface area contributed by atoms with Crippen molar-refractivity contribution in [1.29, 1.82) is 0 Å². The highest BCUT2D eigenvalue weighted by atomic mass is 16.5. The summed E-state index contributed by atoms with van der Waals surface area (Å²) in [6.07, 6.45) is 0.735. The first-order valence-electron chi connectivity index (χ1n) is 9.58. The summed E-state index contributed by atoms with van der Waals surface area (Å²) in [4.78, 5) is 37.9. The number of benzene rings is 2. The van der Waals surface area contributed by atoms with Crippen molar-refractivity contribution in [2.75, 3.05) is 18.5 Å². The normalized spacial score (nSPS) is 13.8. The van der Waals surface area contributed by atoms with Crippen LogP contribution in [0.1, 0.15) is 25.0 Å². The molecule has 0 bridgehead atoms. The van der Waals surface area contributed by atoms with Gasteiger partial charge in [0.05, 0.1) is 0 Å². The van der Waals surface area contributed by atoms with Crippen molar-refractivity contribution in [1.82, 2.24) is 10.2 Å². The van der Waals surface area contributed by atoms with Crippen molar-refractivity contribution < 1.29 is 19.1 Å². The summed E-state index contributed by atoms with van der Waals surface area (Å²) in [5, 5.41) is 5.46. The maximum absolute atomic E-state index is 12.8. The van der Waals surface area contributed by atoms with Crippen LogP contribution < -0.4 is 15.4 Å². The van der Waals surface area contributed by atoms with E-state index in [2.05, 4.69) is 10.6 Å². The van der Waals surface area contributed by atoms with Crippen molar-refractivity contribution in [2.45, 2.75) is 32.9 Å². The Bertz CT molecular complexity index is 898. The summed E-state index contributed by atoms with van der Waals surface area (Å²) in [5.41, 5.74) is 2.88. The highest BCUT2D eigenvalue weighted by Crippen LogP contribution is 2.23. The molecule has 2 N–H and O–H groups in total. The van der Waals surface area contributed by atoms with Gasteiger partial charge in [0.1, 0.15) is 11.8 Å². The number of carbonyl (C=O) groups is 3. The van der Waals surface area contributed by atoms with Crippen LogP contribution in [-0.2, 0) is 27.3 Å². The molecule has 1 unspecified atom stereocenters. The number of ether oxygens (including phenoxy) is 1. The topological polar surface area (TPSA) is 87.7 Å². The molecular formula is C22H25N3O4. The fourth-order valence-corrected chi connectivity index (χ4v) is 3.31. The summed E-state index contributed by atoms with van der Waals surface area (Å²) >= 11 is 0. The van der Waals surface area contributed by atoms with Crippen molar-refractivity contribution in [3.05, 3.63) is 59.7 Å². The average molecular weight is 395 g/mol. The molecule has 1 aliphatic rings. The van der Waals surface area contributed by atoms with Gasteiger partial charge in [0.25, 0.3) is 5.91 Å².